The number of hydrogen-bond acceptors (Lipinski definition) is 7. The van der Waals surface area contributed by atoms with Crippen molar-refractivity contribution in [1.82, 2.24) is 25.0 Å². The van der Waals surface area contributed by atoms with Gasteiger partial charge in [-0.05, 0) is 33.7 Å². The summed E-state index contributed by atoms with van der Waals surface area (Å²) in [7, 11) is 2.02. The molecule has 1 saturated carbocycles. The molecule has 0 bridgehead atoms. The molecular formula is C16H24N6O. The molecule has 2 N–H and O–H groups in total. The van der Waals surface area contributed by atoms with Crippen molar-refractivity contribution >= 4 is 5.82 Å². The summed E-state index contributed by atoms with van der Waals surface area (Å²) < 4.78 is 5.31. The smallest absolute Gasteiger partial charge is 0.241 e. The second-order valence-corrected chi connectivity index (χ2v) is 6.53. The molecule has 7 nitrogen and oxygen atoms in total. The predicted molar refractivity (Wildman–Crippen MR) is 87.5 cm³/mol. The van der Waals surface area contributed by atoms with E-state index in [0.717, 1.165) is 18.7 Å². The van der Waals surface area contributed by atoms with Gasteiger partial charge in [-0.3, -0.25) is 4.90 Å². The van der Waals surface area contributed by atoms with E-state index in [2.05, 4.69) is 38.9 Å². The lowest BCUT2D eigenvalue weighted by molar-refractivity contribution is 0.226. The normalized spacial score (nSPS) is 15.9. The summed E-state index contributed by atoms with van der Waals surface area (Å²) in [5.74, 6) is 2.72. The molecule has 3 rings (SSSR count). The van der Waals surface area contributed by atoms with Gasteiger partial charge in [-0.2, -0.15) is 4.98 Å². The Morgan fingerprint density at radius 1 is 1.30 bits per heavy atom. The first kappa shape index (κ1) is 15.9. The summed E-state index contributed by atoms with van der Waals surface area (Å²) in [6.45, 7) is 4.83. The van der Waals surface area contributed by atoms with Crippen LogP contribution in [0.4, 0.5) is 5.82 Å². The molecule has 1 aliphatic rings. The van der Waals surface area contributed by atoms with Crippen LogP contribution in [0.3, 0.4) is 0 Å². The molecule has 0 atom stereocenters. The first-order valence-electron chi connectivity index (χ1n) is 8.20. The van der Waals surface area contributed by atoms with Crippen LogP contribution < -0.4 is 5.73 Å². The average molecular weight is 316 g/mol. The highest BCUT2D eigenvalue weighted by Gasteiger charge is 2.22. The fourth-order valence-corrected chi connectivity index (χ4v) is 2.79. The van der Waals surface area contributed by atoms with Crippen molar-refractivity contribution in [3.8, 4) is 11.4 Å². The quantitative estimate of drug-likeness (QED) is 0.906. The first-order valence-corrected chi connectivity index (χ1v) is 8.20. The highest BCUT2D eigenvalue weighted by atomic mass is 16.5. The lowest BCUT2D eigenvalue weighted by atomic mass is 10.1. The van der Waals surface area contributed by atoms with Gasteiger partial charge in [0.1, 0.15) is 11.6 Å². The number of nitrogens with two attached hydrogens (primary N) is 1. The molecule has 0 aromatic carbocycles. The molecule has 0 saturated heterocycles. The fourth-order valence-electron chi connectivity index (χ4n) is 2.79. The number of nitrogens with zero attached hydrogens (tertiary/aromatic N) is 5. The zero-order valence-corrected chi connectivity index (χ0v) is 14.0. The van der Waals surface area contributed by atoms with Crippen molar-refractivity contribution in [3.05, 3.63) is 17.9 Å². The molecule has 2 aromatic heterocycles. The van der Waals surface area contributed by atoms with Gasteiger partial charge in [0, 0.05) is 18.2 Å². The molecule has 0 spiro atoms. The third kappa shape index (κ3) is 3.50. The Hall–Kier alpha value is -2.02. The van der Waals surface area contributed by atoms with Gasteiger partial charge in [-0.15, -0.1) is 0 Å². The van der Waals surface area contributed by atoms with Gasteiger partial charge in [0.2, 0.25) is 11.7 Å². The average Bonchev–Trinajstić information content (AvgIpc) is 3.18. The topological polar surface area (TPSA) is 94.0 Å². The number of hydrogen-bond donors (Lipinski definition) is 1. The number of anilines is 1. The molecule has 2 heterocycles. The third-order valence-electron chi connectivity index (χ3n) is 4.53. The van der Waals surface area contributed by atoms with Crippen LogP contribution in [0.15, 0.2) is 10.7 Å². The zero-order valence-electron chi connectivity index (χ0n) is 14.0. The lowest BCUT2D eigenvalue weighted by Crippen LogP contribution is -2.25. The summed E-state index contributed by atoms with van der Waals surface area (Å²) in [6, 6.07) is 0.407. The monoisotopic (exact) mass is 316 g/mol. The van der Waals surface area contributed by atoms with Gasteiger partial charge < -0.3 is 10.3 Å². The minimum absolute atomic E-state index is 0.407. The second kappa shape index (κ2) is 6.62. The molecule has 1 fully saturated rings. The molecule has 1 aliphatic carbocycles. The molecule has 23 heavy (non-hydrogen) atoms. The van der Waals surface area contributed by atoms with E-state index < -0.39 is 0 Å². The Balaban J connectivity index is 1.78. The van der Waals surface area contributed by atoms with E-state index in [4.69, 9.17) is 10.3 Å². The van der Waals surface area contributed by atoms with E-state index in [1.54, 1.807) is 6.20 Å². The maximum absolute atomic E-state index is 6.10. The Morgan fingerprint density at radius 2 is 2.04 bits per heavy atom. The van der Waals surface area contributed by atoms with Crippen molar-refractivity contribution in [2.24, 2.45) is 0 Å². The minimum Gasteiger partial charge on any atom is -0.383 e. The van der Waals surface area contributed by atoms with E-state index in [1.807, 2.05) is 7.05 Å². The molecule has 7 heteroatoms. The maximum Gasteiger partial charge on any atom is 0.241 e. The highest BCUT2D eigenvalue weighted by Crippen LogP contribution is 2.33. The number of aromatic nitrogens is 4. The van der Waals surface area contributed by atoms with E-state index in [0.29, 0.717) is 41.6 Å². The van der Waals surface area contributed by atoms with Crippen LogP contribution in [-0.2, 0) is 6.54 Å². The van der Waals surface area contributed by atoms with Gasteiger partial charge in [0.05, 0.1) is 12.1 Å². The van der Waals surface area contributed by atoms with E-state index in [-0.39, 0.29) is 0 Å². The summed E-state index contributed by atoms with van der Waals surface area (Å²) in [5, 5.41) is 4.01. The Kier molecular flexibility index (Phi) is 4.56. The molecular weight excluding hydrogens is 292 g/mol. The maximum atomic E-state index is 6.10. The van der Waals surface area contributed by atoms with Gasteiger partial charge in [-0.1, -0.05) is 18.0 Å². The van der Waals surface area contributed by atoms with Crippen molar-refractivity contribution in [2.75, 3.05) is 12.8 Å². The van der Waals surface area contributed by atoms with Crippen molar-refractivity contribution in [2.45, 2.75) is 58.0 Å². The fraction of sp³-hybridized carbons (Fsp3) is 0.625. The standard InChI is InChI=1S/C16H24N6O/c1-10(2)22(3)9-13-19-16(21-23-13)12-8-18-15(20-14(12)17)11-6-4-5-7-11/h8,10-11H,4-7,9H2,1-3H3,(H2,17,18,20). The molecule has 0 unspecified atom stereocenters. The molecule has 2 aromatic rings. The largest absolute Gasteiger partial charge is 0.383 e. The number of rotatable bonds is 5. The summed E-state index contributed by atoms with van der Waals surface area (Å²) in [5.41, 5.74) is 6.73. The van der Waals surface area contributed by atoms with Crippen molar-refractivity contribution in [1.29, 1.82) is 0 Å². The molecule has 0 amide bonds. The van der Waals surface area contributed by atoms with Crippen LogP contribution in [0.2, 0.25) is 0 Å². The highest BCUT2D eigenvalue weighted by molar-refractivity contribution is 5.66. The third-order valence-corrected chi connectivity index (χ3v) is 4.53. The van der Waals surface area contributed by atoms with Crippen LogP contribution >= 0.6 is 0 Å². The van der Waals surface area contributed by atoms with Gasteiger partial charge in [-0.25, -0.2) is 9.97 Å². The van der Waals surface area contributed by atoms with E-state index in [1.165, 1.54) is 12.8 Å². The number of nitrogen functional groups attached to an aromatic ring is 1. The van der Waals surface area contributed by atoms with Crippen molar-refractivity contribution < 1.29 is 4.52 Å². The van der Waals surface area contributed by atoms with Gasteiger partial charge in [0.25, 0.3) is 0 Å². The second-order valence-electron chi connectivity index (χ2n) is 6.53. The predicted octanol–water partition coefficient (Wildman–Crippen LogP) is 2.61. The molecule has 0 radical (unpaired) electrons. The van der Waals surface area contributed by atoms with Gasteiger partial charge >= 0.3 is 0 Å². The van der Waals surface area contributed by atoms with Crippen molar-refractivity contribution in [3.63, 3.8) is 0 Å². The van der Waals surface area contributed by atoms with Crippen LogP contribution in [0.25, 0.3) is 11.4 Å². The summed E-state index contributed by atoms with van der Waals surface area (Å²) in [4.78, 5) is 15.5. The Morgan fingerprint density at radius 3 is 2.70 bits per heavy atom. The Bertz CT molecular complexity index is 662. The zero-order chi connectivity index (χ0) is 16.4. The molecule has 0 aliphatic heterocycles. The first-order chi connectivity index (χ1) is 11.0. The summed E-state index contributed by atoms with van der Waals surface area (Å²) >= 11 is 0. The Labute approximate surface area is 136 Å². The van der Waals surface area contributed by atoms with Crippen LogP contribution in [0.1, 0.15) is 57.2 Å². The molecule has 124 valence electrons. The minimum atomic E-state index is 0.407. The van der Waals surface area contributed by atoms with E-state index in [9.17, 15) is 0 Å². The summed E-state index contributed by atoms with van der Waals surface area (Å²) in [6.07, 6.45) is 6.50. The van der Waals surface area contributed by atoms with Crippen LogP contribution in [0.5, 0.6) is 0 Å². The lowest BCUT2D eigenvalue weighted by Gasteiger charge is -2.18. The van der Waals surface area contributed by atoms with Gasteiger partial charge in [0.15, 0.2) is 0 Å². The van der Waals surface area contributed by atoms with Crippen LogP contribution in [-0.4, -0.2) is 38.1 Å². The van der Waals surface area contributed by atoms with E-state index >= 15 is 0 Å². The van der Waals surface area contributed by atoms with Crippen LogP contribution in [0, 0.1) is 0 Å². The SMILES string of the molecule is CC(C)N(C)Cc1nc(-c2cnc(C3CCCC3)nc2N)no1.